The Hall–Kier alpha value is -3.45. The zero-order valence-electron chi connectivity index (χ0n) is 23.7. The molecular weight excluding hydrogens is 566 g/mol. The fraction of sp³-hybridized carbons (Fsp3) is 0.345. The van der Waals surface area contributed by atoms with Gasteiger partial charge in [-0.2, -0.15) is 0 Å². The minimum Gasteiger partial charge on any atom is -0.465 e. The molecule has 41 heavy (non-hydrogen) atoms. The predicted molar refractivity (Wildman–Crippen MR) is 159 cm³/mol. The fourth-order valence-electron chi connectivity index (χ4n) is 3.90. The van der Waals surface area contributed by atoms with Crippen LogP contribution in [0.5, 0.6) is 0 Å². The SMILES string of the molecule is CCOCCN(CC(=O)OCC)Cc1ccc(NS(=O)(=O)c2ccc(C)cc2)c(NS(=O)(=O)c2ccc(C)cc2)c1. The van der Waals surface area contributed by atoms with Gasteiger partial charge in [0.25, 0.3) is 20.0 Å². The Labute approximate surface area is 242 Å². The minimum atomic E-state index is -4.06. The average Bonchev–Trinajstić information content (AvgIpc) is 2.90. The van der Waals surface area contributed by atoms with Crippen molar-refractivity contribution < 1.29 is 31.1 Å². The van der Waals surface area contributed by atoms with Gasteiger partial charge in [0.15, 0.2) is 0 Å². The van der Waals surface area contributed by atoms with Crippen LogP contribution in [0.1, 0.15) is 30.5 Å². The largest absolute Gasteiger partial charge is 0.465 e. The molecule has 3 rings (SSSR count). The maximum atomic E-state index is 13.3. The highest BCUT2D eigenvalue weighted by atomic mass is 32.2. The molecule has 0 heterocycles. The monoisotopic (exact) mass is 603 g/mol. The van der Waals surface area contributed by atoms with E-state index in [2.05, 4.69) is 9.44 Å². The van der Waals surface area contributed by atoms with Crippen molar-refractivity contribution in [2.24, 2.45) is 0 Å². The summed E-state index contributed by atoms with van der Waals surface area (Å²) in [5, 5.41) is 0. The molecule has 0 aromatic heterocycles. The zero-order valence-corrected chi connectivity index (χ0v) is 25.3. The van der Waals surface area contributed by atoms with Crippen molar-refractivity contribution in [3.8, 4) is 0 Å². The average molecular weight is 604 g/mol. The number of nitrogens with zero attached hydrogens (tertiary/aromatic N) is 1. The highest BCUT2D eigenvalue weighted by Gasteiger charge is 2.21. The predicted octanol–water partition coefficient (Wildman–Crippen LogP) is 4.31. The van der Waals surface area contributed by atoms with E-state index >= 15 is 0 Å². The molecule has 222 valence electrons. The number of esters is 1. The standard InChI is InChI=1S/C29H37N3O7S2/c1-5-38-18-17-32(21-29(33)39-6-2)20-24-11-16-27(30-40(34,35)25-12-7-22(3)8-13-25)28(19-24)31-41(36,37)26-14-9-23(4)10-15-26/h7-16,19,30-31H,5-6,17-18,20-21H2,1-4H3. The van der Waals surface area contributed by atoms with Crippen LogP contribution in [0.25, 0.3) is 0 Å². The van der Waals surface area contributed by atoms with Crippen LogP contribution in [0.3, 0.4) is 0 Å². The summed E-state index contributed by atoms with van der Waals surface area (Å²) < 4.78 is 68.5. The van der Waals surface area contributed by atoms with Crippen LogP contribution in [-0.4, -0.2) is 60.6 Å². The van der Waals surface area contributed by atoms with E-state index in [1.54, 1.807) is 43.3 Å². The van der Waals surface area contributed by atoms with E-state index in [1.165, 1.54) is 30.3 Å². The number of aryl methyl sites for hydroxylation is 2. The molecule has 10 nitrogen and oxygen atoms in total. The van der Waals surface area contributed by atoms with Crippen LogP contribution in [-0.2, 0) is 40.9 Å². The number of ether oxygens (including phenoxy) is 2. The Bertz CT molecular complexity index is 1520. The first-order chi connectivity index (χ1) is 19.4. The van der Waals surface area contributed by atoms with Crippen LogP contribution in [0.4, 0.5) is 11.4 Å². The maximum absolute atomic E-state index is 13.3. The van der Waals surface area contributed by atoms with E-state index in [-0.39, 0.29) is 40.9 Å². The number of carbonyl (C=O) groups is 1. The van der Waals surface area contributed by atoms with Crippen molar-refractivity contribution in [1.82, 2.24) is 4.90 Å². The maximum Gasteiger partial charge on any atom is 0.320 e. The lowest BCUT2D eigenvalue weighted by atomic mass is 10.1. The van der Waals surface area contributed by atoms with E-state index in [1.807, 2.05) is 25.7 Å². The van der Waals surface area contributed by atoms with Gasteiger partial charge in [-0.05, 0) is 69.7 Å². The number of hydrogen-bond acceptors (Lipinski definition) is 8. The molecular formula is C29H37N3O7S2. The second kappa shape index (κ2) is 14.4. The molecule has 0 fully saturated rings. The molecule has 3 aromatic carbocycles. The molecule has 0 amide bonds. The number of nitrogens with one attached hydrogen (secondary N) is 2. The van der Waals surface area contributed by atoms with Gasteiger partial charge in [0.2, 0.25) is 0 Å². The summed E-state index contributed by atoms with van der Waals surface area (Å²) in [6.07, 6.45) is 0. The molecule has 0 atom stereocenters. The van der Waals surface area contributed by atoms with Gasteiger partial charge >= 0.3 is 5.97 Å². The summed E-state index contributed by atoms with van der Waals surface area (Å²) >= 11 is 0. The van der Waals surface area contributed by atoms with E-state index < -0.39 is 26.0 Å². The van der Waals surface area contributed by atoms with Gasteiger partial charge in [-0.15, -0.1) is 0 Å². The molecule has 0 saturated carbocycles. The summed E-state index contributed by atoms with van der Waals surface area (Å²) in [5.41, 5.74) is 2.53. The van der Waals surface area contributed by atoms with Gasteiger partial charge in [-0.1, -0.05) is 41.5 Å². The van der Waals surface area contributed by atoms with Gasteiger partial charge in [-0.25, -0.2) is 16.8 Å². The highest BCUT2D eigenvalue weighted by Crippen LogP contribution is 2.29. The Morgan fingerprint density at radius 3 is 1.80 bits per heavy atom. The Morgan fingerprint density at radius 2 is 1.29 bits per heavy atom. The molecule has 0 aliphatic heterocycles. The number of rotatable bonds is 15. The fourth-order valence-corrected chi connectivity index (χ4v) is 6.06. The highest BCUT2D eigenvalue weighted by molar-refractivity contribution is 7.93. The van der Waals surface area contributed by atoms with Gasteiger partial charge in [-0.3, -0.25) is 19.1 Å². The van der Waals surface area contributed by atoms with Crippen LogP contribution in [0.15, 0.2) is 76.5 Å². The minimum absolute atomic E-state index is 0.00709. The number of anilines is 2. The molecule has 0 unspecified atom stereocenters. The Kier molecular flexibility index (Phi) is 11.3. The van der Waals surface area contributed by atoms with E-state index in [4.69, 9.17) is 9.47 Å². The van der Waals surface area contributed by atoms with Crippen LogP contribution < -0.4 is 9.44 Å². The Morgan fingerprint density at radius 1 is 0.756 bits per heavy atom. The van der Waals surface area contributed by atoms with Gasteiger partial charge in [0, 0.05) is 19.7 Å². The van der Waals surface area contributed by atoms with Gasteiger partial charge in [0.1, 0.15) is 0 Å². The molecule has 0 radical (unpaired) electrons. The van der Waals surface area contributed by atoms with Crippen molar-refractivity contribution in [2.75, 3.05) is 42.4 Å². The summed E-state index contributed by atoms with van der Waals surface area (Å²) in [6, 6.07) is 17.4. The number of hydrogen-bond donors (Lipinski definition) is 2. The van der Waals surface area contributed by atoms with Gasteiger partial charge < -0.3 is 9.47 Å². The summed E-state index contributed by atoms with van der Waals surface area (Å²) in [4.78, 5) is 14.1. The molecule has 12 heteroatoms. The third-order valence-electron chi connectivity index (χ3n) is 6.06. The number of benzene rings is 3. The van der Waals surface area contributed by atoms with Crippen LogP contribution in [0.2, 0.25) is 0 Å². The van der Waals surface area contributed by atoms with Gasteiger partial charge in [0.05, 0.1) is 40.9 Å². The first-order valence-electron chi connectivity index (χ1n) is 13.2. The van der Waals surface area contributed by atoms with Crippen LogP contribution in [0, 0.1) is 13.8 Å². The molecule has 0 spiro atoms. The smallest absolute Gasteiger partial charge is 0.320 e. The van der Waals surface area contributed by atoms with Crippen molar-refractivity contribution in [3.05, 3.63) is 83.4 Å². The topological polar surface area (TPSA) is 131 Å². The normalized spacial score (nSPS) is 11.8. The molecule has 0 bridgehead atoms. The molecule has 0 aliphatic carbocycles. The lowest BCUT2D eigenvalue weighted by molar-refractivity contribution is -0.144. The molecule has 3 aromatic rings. The second-order valence-electron chi connectivity index (χ2n) is 9.43. The summed E-state index contributed by atoms with van der Waals surface area (Å²) in [5.74, 6) is -0.397. The summed E-state index contributed by atoms with van der Waals surface area (Å²) in [7, 11) is -8.08. The molecule has 0 saturated heterocycles. The number of sulfonamides is 2. The zero-order chi connectivity index (χ0) is 30.0. The Balaban J connectivity index is 1.98. The lowest BCUT2D eigenvalue weighted by Crippen LogP contribution is -2.33. The molecule has 0 aliphatic rings. The van der Waals surface area contributed by atoms with Crippen LogP contribution >= 0.6 is 0 Å². The van der Waals surface area contributed by atoms with Crippen molar-refractivity contribution in [1.29, 1.82) is 0 Å². The summed E-state index contributed by atoms with van der Waals surface area (Å²) in [6.45, 7) is 9.15. The van der Waals surface area contributed by atoms with E-state index in [0.29, 0.717) is 25.3 Å². The van der Waals surface area contributed by atoms with Crippen molar-refractivity contribution in [3.63, 3.8) is 0 Å². The first-order valence-corrected chi connectivity index (χ1v) is 16.2. The van der Waals surface area contributed by atoms with E-state index in [9.17, 15) is 21.6 Å². The van der Waals surface area contributed by atoms with Crippen molar-refractivity contribution >= 4 is 37.4 Å². The quantitative estimate of drug-likeness (QED) is 0.194. The molecule has 2 N–H and O–H groups in total. The van der Waals surface area contributed by atoms with E-state index in [0.717, 1.165) is 11.1 Å². The first kappa shape index (κ1) is 32.1. The van der Waals surface area contributed by atoms with Crippen molar-refractivity contribution in [2.45, 2.75) is 44.0 Å². The third kappa shape index (κ3) is 9.56. The second-order valence-corrected chi connectivity index (χ2v) is 12.8. The third-order valence-corrected chi connectivity index (χ3v) is 8.82. The lowest BCUT2D eigenvalue weighted by Gasteiger charge is -2.22. The number of carbonyl (C=O) groups excluding carboxylic acids is 1.